The molecule has 30 heavy (non-hydrogen) atoms. The molecule has 1 unspecified atom stereocenters. The van der Waals surface area contributed by atoms with Gasteiger partial charge < -0.3 is 55.5 Å². The molecule has 2 aliphatic rings. The second-order valence-electron chi connectivity index (χ2n) is 7.04. The molecule has 2 aliphatic heterocycles. The lowest BCUT2D eigenvalue weighted by atomic mass is 9.94. The van der Waals surface area contributed by atoms with Gasteiger partial charge in [0.1, 0.15) is 42.6 Å². The molecule has 172 valence electrons. The summed E-state index contributed by atoms with van der Waals surface area (Å²) in [6.07, 6.45) is -13.6. The Bertz CT molecular complexity index is 648. The van der Waals surface area contributed by atoms with Crippen molar-refractivity contribution in [2.45, 2.75) is 75.1 Å². The molecule has 10 atom stereocenters. The summed E-state index contributed by atoms with van der Waals surface area (Å²) in [4.78, 5) is 34.2. The number of nitrogens with one attached hydrogen (secondary N) is 2. The zero-order chi connectivity index (χ0) is 22.7. The van der Waals surface area contributed by atoms with Gasteiger partial charge in [-0.05, 0) is 0 Å². The smallest absolute Gasteiger partial charge is 0.335 e. The van der Waals surface area contributed by atoms with Crippen LogP contribution in [0, 0.1) is 0 Å². The van der Waals surface area contributed by atoms with Crippen molar-refractivity contribution in [3.05, 3.63) is 0 Å². The fourth-order valence-electron chi connectivity index (χ4n) is 3.37. The van der Waals surface area contributed by atoms with Crippen LogP contribution in [0.3, 0.4) is 0 Å². The van der Waals surface area contributed by atoms with Gasteiger partial charge in [0, 0.05) is 13.8 Å². The predicted octanol–water partition coefficient (Wildman–Crippen LogP) is -5.02. The number of aliphatic hydroxyl groups excluding tert-OH is 5. The molecule has 14 nitrogen and oxygen atoms in total. The Hall–Kier alpha value is -1.91. The first-order valence-corrected chi connectivity index (χ1v) is 9.04. The normalized spacial score (nSPS) is 41.7. The molecule has 0 spiro atoms. The molecule has 14 heteroatoms. The second-order valence-corrected chi connectivity index (χ2v) is 7.04. The second kappa shape index (κ2) is 9.93. The number of carbonyl (C=O) groups is 3. The maximum atomic E-state index is 11.5. The van der Waals surface area contributed by atoms with E-state index < -0.39 is 85.7 Å². The van der Waals surface area contributed by atoms with E-state index in [-0.39, 0.29) is 0 Å². The maximum Gasteiger partial charge on any atom is 0.335 e. The Morgan fingerprint density at radius 3 is 1.97 bits per heavy atom. The van der Waals surface area contributed by atoms with Crippen LogP contribution in [-0.4, -0.2) is 116 Å². The van der Waals surface area contributed by atoms with Crippen LogP contribution in [0.25, 0.3) is 0 Å². The van der Waals surface area contributed by atoms with Crippen LogP contribution in [-0.2, 0) is 28.6 Å². The lowest BCUT2D eigenvalue weighted by Gasteiger charge is -2.46. The maximum absolute atomic E-state index is 11.5. The summed E-state index contributed by atoms with van der Waals surface area (Å²) in [7, 11) is 0. The Labute approximate surface area is 170 Å². The zero-order valence-corrected chi connectivity index (χ0v) is 16.1. The van der Waals surface area contributed by atoms with E-state index in [1.165, 1.54) is 0 Å². The van der Waals surface area contributed by atoms with Gasteiger partial charge in [-0.3, -0.25) is 9.59 Å². The third kappa shape index (κ3) is 5.22. The van der Waals surface area contributed by atoms with E-state index in [0.29, 0.717) is 0 Å². The number of carboxylic acids is 1. The van der Waals surface area contributed by atoms with Crippen molar-refractivity contribution >= 4 is 17.8 Å². The van der Waals surface area contributed by atoms with E-state index in [9.17, 15) is 45.0 Å². The lowest BCUT2D eigenvalue weighted by Crippen LogP contribution is -2.69. The minimum absolute atomic E-state index is 0.613. The highest BCUT2D eigenvalue weighted by atomic mass is 16.7. The number of aliphatic hydroxyl groups is 5. The molecule has 2 heterocycles. The Kier molecular flexibility index (Phi) is 8.06. The van der Waals surface area contributed by atoms with Crippen molar-refractivity contribution in [3.8, 4) is 0 Å². The van der Waals surface area contributed by atoms with E-state index in [4.69, 9.17) is 14.2 Å². The summed E-state index contributed by atoms with van der Waals surface area (Å²) in [5.74, 6) is -2.90. The molecule has 0 aliphatic carbocycles. The minimum atomic E-state index is -1.93. The number of rotatable bonds is 6. The average Bonchev–Trinajstić information content (AvgIpc) is 2.65. The highest BCUT2D eigenvalue weighted by Gasteiger charge is 2.52. The van der Waals surface area contributed by atoms with E-state index >= 15 is 0 Å². The standard InChI is InChI=1S/C16H26N2O12/c1-4(20)17-7-10(23)12(6(3-19)28-15(7)27)29-16-8(18-5(2)21)9(22)11(24)13(30-16)14(25)26/h6-13,15-16,19,22-24,27H,3H2,1-2H3,(H,17,20)(H,18,21)(H,25,26)/t6-,7-,8-,9-,10-,11-,12-,13+,15?,16-/m1/s1. The highest BCUT2D eigenvalue weighted by molar-refractivity contribution is 5.75. The Balaban J connectivity index is 2.31. The summed E-state index contributed by atoms with van der Waals surface area (Å²) < 4.78 is 15.9. The first-order valence-electron chi connectivity index (χ1n) is 9.04. The van der Waals surface area contributed by atoms with E-state index in [1.807, 2.05) is 0 Å². The predicted molar refractivity (Wildman–Crippen MR) is 92.4 cm³/mol. The number of carboxylic acid groups (broad SMARTS) is 1. The van der Waals surface area contributed by atoms with Crippen LogP contribution in [0.2, 0.25) is 0 Å². The average molecular weight is 438 g/mol. The van der Waals surface area contributed by atoms with Crippen LogP contribution >= 0.6 is 0 Å². The molecule has 0 aromatic heterocycles. The molecule has 2 fully saturated rings. The van der Waals surface area contributed by atoms with Gasteiger partial charge in [0.25, 0.3) is 0 Å². The number of ether oxygens (including phenoxy) is 3. The van der Waals surface area contributed by atoms with Crippen LogP contribution in [0.5, 0.6) is 0 Å². The van der Waals surface area contributed by atoms with Crippen molar-refractivity contribution in [1.82, 2.24) is 10.6 Å². The molecule has 2 saturated heterocycles. The first-order chi connectivity index (χ1) is 14.0. The first kappa shape index (κ1) is 24.4. The van der Waals surface area contributed by atoms with E-state index in [2.05, 4.69) is 10.6 Å². The molecule has 0 aromatic rings. The van der Waals surface area contributed by atoms with Gasteiger partial charge in [0.05, 0.1) is 6.61 Å². The molecule has 0 bridgehead atoms. The minimum Gasteiger partial charge on any atom is -0.479 e. The van der Waals surface area contributed by atoms with Gasteiger partial charge in [0.2, 0.25) is 11.8 Å². The third-order valence-corrected chi connectivity index (χ3v) is 4.75. The van der Waals surface area contributed by atoms with Crippen LogP contribution in [0.15, 0.2) is 0 Å². The topological polar surface area (TPSA) is 224 Å². The van der Waals surface area contributed by atoms with Crippen molar-refractivity contribution in [2.75, 3.05) is 6.61 Å². The van der Waals surface area contributed by atoms with Crippen molar-refractivity contribution in [3.63, 3.8) is 0 Å². The van der Waals surface area contributed by atoms with Gasteiger partial charge in [-0.15, -0.1) is 0 Å². The number of hydrogen-bond donors (Lipinski definition) is 8. The molecule has 0 saturated carbocycles. The third-order valence-electron chi connectivity index (χ3n) is 4.75. The quantitative estimate of drug-likeness (QED) is 0.195. The fourth-order valence-corrected chi connectivity index (χ4v) is 3.37. The SMILES string of the molecule is CC(=O)N[C@H]1[C@H](O[C@H]2[C@H](O)[C@@H](NC(C)=O)C(O)O[C@@H]2CO)O[C@H](C(=O)O)[C@H](O)[C@@H]1O. The summed E-state index contributed by atoms with van der Waals surface area (Å²) in [5.41, 5.74) is 0. The Morgan fingerprint density at radius 1 is 0.900 bits per heavy atom. The monoisotopic (exact) mass is 438 g/mol. The molecule has 0 radical (unpaired) electrons. The van der Waals surface area contributed by atoms with Crippen LogP contribution < -0.4 is 10.6 Å². The summed E-state index contributed by atoms with van der Waals surface area (Å²) >= 11 is 0. The van der Waals surface area contributed by atoms with Gasteiger partial charge in [0.15, 0.2) is 18.7 Å². The molecule has 2 amide bonds. The number of carbonyl (C=O) groups excluding carboxylic acids is 2. The van der Waals surface area contributed by atoms with Crippen molar-refractivity contribution in [2.24, 2.45) is 0 Å². The zero-order valence-electron chi connectivity index (χ0n) is 16.1. The van der Waals surface area contributed by atoms with Gasteiger partial charge in [-0.25, -0.2) is 4.79 Å². The lowest BCUT2D eigenvalue weighted by molar-refractivity contribution is -0.323. The van der Waals surface area contributed by atoms with Gasteiger partial charge >= 0.3 is 5.97 Å². The summed E-state index contributed by atoms with van der Waals surface area (Å²) in [5, 5.41) is 64.1. The number of amides is 2. The summed E-state index contributed by atoms with van der Waals surface area (Å²) in [6, 6.07) is -2.82. The highest BCUT2D eigenvalue weighted by Crippen LogP contribution is 2.29. The Morgan fingerprint density at radius 2 is 1.47 bits per heavy atom. The van der Waals surface area contributed by atoms with Gasteiger partial charge in [-0.1, -0.05) is 0 Å². The van der Waals surface area contributed by atoms with Crippen LogP contribution in [0.1, 0.15) is 13.8 Å². The van der Waals surface area contributed by atoms with Crippen molar-refractivity contribution < 1.29 is 59.2 Å². The van der Waals surface area contributed by atoms with Crippen LogP contribution in [0.4, 0.5) is 0 Å². The van der Waals surface area contributed by atoms with Crippen molar-refractivity contribution in [1.29, 1.82) is 0 Å². The molecular weight excluding hydrogens is 412 g/mol. The summed E-state index contributed by atoms with van der Waals surface area (Å²) in [6.45, 7) is 1.47. The largest absolute Gasteiger partial charge is 0.479 e. The molecule has 8 N–H and O–H groups in total. The molecule has 2 rings (SSSR count). The number of hydrogen-bond acceptors (Lipinski definition) is 11. The van der Waals surface area contributed by atoms with E-state index in [0.717, 1.165) is 13.8 Å². The van der Waals surface area contributed by atoms with E-state index in [1.54, 1.807) is 0 Å². The fraction of sp³-hybridized carbons (Fsp3) is 0.812. The van der Waals surface area contributed by atoms with Gasteiger partial charge in [-0.2, -0.15) is 0 Å². The molecule has 0 aromatic carbocycles. The molecular formula is C16H26N2O12. The number of aliphatic carboxylic acids is 1.